The molecule has 1 aliphatic rings. The number of allylic oxidation sites excluding steroid dienone is 2. The number of benzene rings is 1. The van der Waals surface area contributed by atoms with Gasteiger partial charge in [0.2, 0.25) is 0 Å². The van der Waals surface area contributed by atoms with Crippen LogP contribution in [-0.2, 0) is 13.1 Å². The molecule has 0 bridgehead atoms. The Balaban J connectivity index is 2.16. The maximum absolute atomic E-state index is 12.5. The average molecular weight is 287 g/mol. The zero-order valence-electron chi connectivity index (χ0n) is 12.3. The molecule has 1 aromatic heterocycles. The van der Waals surface area contributed by atoms with Crippen LogP contribution < -0.4 is 16.1 Å². The quantitative estimate of drug-likeness (QED) is 0.779. The van der Waals surface area contributed by atoms with Crippen molar-refractivity contribution in [3.63, 3.8) is 0 Å². The van der Waals surface area contributed by atoms with Gasteiger partial charge in [-0.3, -0.25) is 0 Å². The van der Waals surface area contributed by atoms with E-state index >= 15 is 0 Å². The summed E-state index contributed by atoms with van der Waals surface area (Å²) in [7, 11) is 1.57. The van der Waals surface area contributed by atoms with Gasteiger partial charge in [0.25, 0.3) is 0 Å². The molecule has 21 heavy (non-hydrogen) atoms. The molecule has 2 heterocycles. The molecular formula is C15H17N3O3. The second-order valence-electron chi connectivity index (χ2n) is 5.27. The van der Waals surface area contributed by atoms with E-state index in [1.54, 1.807) is 31.4 Å². The number of aromatic nitrogens is 3. The minimum absolute atomic E-state index is 0.308. The number of methoxy groups -OCH3 is 1. The summed E-state index contributed by atoms with van der Waals surface area (Å²) in [6, 6.07) is 6.89. The fourth-order valence-corrected chi connectivity index (χ4v) is 2.50. The van der Waals surface area contributed by atoms with E-state index in [0.29, 0.717) is 24.5 Å². The third kappa shape index (κ3) is 2.03. The maximum atomic E-state index is 12.5. The summed E-state index contributed by atoms with van der Waals surface area (Å²) in [4.78, 5) is 25.0. The van der Waals surface area contributed by atoms with Gasteiger partial charge in [-0.25, -0.2) is 23.5 Å². The molecule has 0 spiro atoms. The Kier molecular flexibility index (Phi) is 3.08. The van der Waals surface area contributed by atoms with Crippen molar-refractivity contribution in [2.45, 2.75) is 26.9 Å². The Morgan fingerprint density at radius 1 is 0.905 bits per heavy atom. The number of hydrogen-bond acceptors (Lipinski definition) is 3. The third-order valence-electron chi connectivity index (χ3n) is 3.95. The monoisotopic (exact) mass is 287 g/mol. The molecule has 0 unspecified atom stereocenters. The predicted molar refractivity (Wildman–Crippen MR) is 79.2 cm³/mol. The minimum atomic E-state index is -0.308. The summed E-state index contributed by atoms with van der Waals surface area (Å²) in [5.74, 6) is 0.684. The highest BCUT2D eigenvalue weighted by molar-refractivity contribution is 5.37. The molecule has 1 aliphatic heterocycles. The largest absolute Gasteiger partial charge is 0.497 e. The van der Waals surface area contributed by atoms with E-state index in [-0.39, 0.29) is 11.4 Å². The smallest absolute Gasteiger partial charge is 0.352 e. The summed E-state index contributed by atoms with van der Waals surface area (Å²) in [6.07, 6.45) is 0. The lowest BCUT2D eigenvalue weighted by atomic mass is 10.1. The van der Waals surface area contributed by atoms with Crippen LogP contribution in [0.3, 0.4) is 0 Å². The first-order valence-electron chi connectivity index (χ1n) is 6.75. The van der Waals surface area contributed by atoms with Gasteiger partial charge in [0.15, 0.2) is 0 Å². The van der Waals surface area contributed by atoms with Gasteiger partial charge in [0, 0.05) is 0 Å². The van der Waals surface area contributed by atoms with E-state index < -0.39 is 0 Å². The molecule has 0 N–H and O–H groups in total. The molecule has 0 saturated heterocycles. The van der Waals surface area contributed by atoms with Gasteiger partial charge in [0.1, 0.15) is 5.75 Å². The lowest BCUT2D eigenvalue weighted by molar-refractivity contribution is 0.414. The van der Waals surface area contributed by atoms with Crippen molar-refractivity contribution in [2.75, 3.05) is 7.11 Å². The van der Waals surface area contributed by atoms with Crippen LogP contribution in [0.15, 0.2) is 45.0 Å². The molecule has 0 saturated carbocycles. The molecule has 2 aromatic rings. The molecule has 3 rings (SSSR count). The van der Waals surface area contributed by atoms with Crippen LogP contribution in [0.5, 0.6) is 5.75 Å². The number of hydrogen-bond donors (Lipinski definition) is 0. The Hall–Kier alpha value is -2.50. The lowest BCUT2D eigenvalue weighted by Crippen LogP contribution is -2.31. The number of nitrogens with zero attached hydrogens (tertiary/aromatic N) is 3. The van der Waals surface area contributed by atoms with Crippen molar-refractivity contribution in [1.82, 2.24) is 13.9 Å². The van der Waals surface area contributed by atoms with Crippen LogP contribution >= 0.6 is 0 Å². The Morgan fingerprint density at radius 2 is 1.38 bits per heavy atom. The SMILES string of the molecule is COc1ccc(-n2c(=O)n3n(c2=O)CC(C)=C(C)C3)cc1. The van der Waals surface area contributed by atoms with Gasteiger partial charge in [0.05, 0.1) is 25.9 Å². The van der Waals surface area contributed by atoms with Crippen molar-refractivity contribution in [1.29, 1.82) is 0 Å². The minimum Gasteiger partial charge on any atom is -0.497 e. The van der Waals surface area contributed by atoms with E-state index in [2.05, 4.69) is 0 Å². The van der Waals surface area contributed by atoms with Crippen molar-refractivity contribution in [3.05, 3.63) is 56.4 Å². The van der Waals surface area contributed by atoms with Crippen molar-refractivity contribution in [3.8, 4) is 11.4 Å². The number of ether oxygens (including phenoxy) is 1. The first kappa shape index (κ1) is 13.5. The van der Waals surface area contributed by atoms with Crippen molar-refractivity contribution in [2.24, 2.45) is 0 Å². The molecule has 1 aromatic carbocycles. The highest BCUT2D eigenvalue weighted by Crippen LogP contribution is 2.15. The molecule has 6 nitrogen and oxygen atoms in total. The second-order valence-corrected chi connectivity index (χ2v) is 5.27. The van der Waals surface area contributed by atoms with E-state index in [4.69, 9.17) is 4.74 Å². The molecule has 0 radical (unpaired) electrons. The van der Waals surface area contributed by atoms with Gasteiger partial charge in [-0.2, -0.15) is 0 Å². The highest BCUT2D eigenvalue weighted by atomic mass is 16.5. The molecule has 0 amide bonds. The Labute approximate surface area is 121 Å². The van der Waals surface area contributed by atoms with Gasteiger partial charge < -0.3 is 4.74 Å². The number of fused-ring (bicyclic) bond motifs is 1. The summed E-state index contributed by atoms with van der Waals surface area (Å²) < 4.78 is 9.28. The molecule has 6 heteroatoms. The standard InChI is InChI=1S/C15H17N3O3/c1-10-8-16-14(19)18(15(20)17(16)9-11(10)2)12-4-6-13(21-3)7-5-12/h4-7H,8-9H2,1-3H3. The lowest BCUT2D eigenvalue weighted by Gasteiger charge is -2.18. The predicted octanol–water partition coefficient (Wildman–Crippen LogP) is 1.16. The second kappa shape index (κ2) is 4.80. The van der Waals surface area contributed by atoms with Crippen molar-refractivity contribution >= 4 is 0 Å². The molecule has 0 fully saturated rings. The summed E-state index contributed by atoms with van der Waals surface area (Å²) in [5.41, 5.74) is 2.19. The van der Waals surface area contributed by atoms with Crippen molar-refractivity contribution < 1.29 is 4.74 Å². The van der Waals surface area contributed by atoms with E-state index in [1.165, 1.54) is 13.9 Å². The average Bonchev–Trinajstić information content (AvgIpc) is 2.72. The van der Waals surface area contributed by atoms with Gasteiger partial charge in [-0.15, -0.1) is 0 Å². The Morgan fingerprint density at radius 3 is 1.81 bits per heavy atom. The fourth-order valence-electron chi connectivity index (χ4n) is 2.50. The van der Waals surface area contributed by atoms with Crippen LogP contribution in [0, 0.1) is 0 Å². The first-order valence-corrected chi connectivity index (χ1v) is 6.75. The molecule has 110 valence electrons. The van der Waals surface area contributed by atoms with E-state index in [0.717, 1.165) is 11.1 Å². The zero-order valence-corrected chi connectivity index (χ0v) is 12.3. The van der Waals surface area contributed by atoms with Gasteiger partial charge in [-0.1, -0.05) is 11.1 Å². The van der Waals surface area contributed by atoms with Crippen LogP contribution in [0.4, 0.5) is 0 Å². The van der Waals surface area contributed by atoms with E-state index in [1.807, 2.05) is 13.8 Å². The normalized spacial score (nSPS) is 14.2. The summed E-state index contributed by atoms with van der Waals surface area (Å²) in [6.45, 7) is 4.90. The summed E-state index contributed by atoms with van der Waals surface area (Å²) in [5, 5.41) is 0. The third-order valence-corrected chi connectivity index (χ3v) is 3.95. The highest BCUT2D eigenvalue weighted by Gasteiger charge is 2.21. The van der Waals surface area contributed by atoms with Crippen LogP contribution in [0.25, 0.3) is 5.69 Å². The first-order chi connectivity index (χ1) is 10.0. The zero-order chi connectivity index (χ0) is 15.1. The maximum Gasteiger partial charge on any atom is 0.352 e. The fraction of sp³-hybridized carbons (Fsp3) is 0.333. The molecule has 0 atom stereocenters. The van der Waals surface area contributed by atoms with Gasteiger partial charge >= 0.3 is 11.4 Å². The summed E-state index contributed by atoms with van der Waals surface area (Å²) >= 11 is 0. The van der Waals surface area contributed by atoms with Crippen LogP contribution in [0.2, 0.25) is 0 Å². The Bertz CT molecular complexity index is 789. The van der Waals surface area contributed by atoms with E-state index in [9.17, 15) is 9.59 Å². The number of rotatable bonds is 2. The topological polar surface area (TPSA) is 58.2 Å². The van der Waals surface area contributed by atoms with Crippen LogP contribution in [-0.4, -0.2) is 21.0 Å². The van der Waals surface area contributed by atoms with Crippen LogP contribution in [0.1, 0.15) is 13.8 Å². The molecule has 0 aliphatic carbocycles. The van der Waals surface area contributed by atoms with Gasteiger partial charge in [-0.05, 0) is 38.1 Å². The molecular weight excluding hydrogens is 270 g/mol.